The van der Waals surface area contributed by atoms with E-state index >= 15 is 0 Å². The number of likely N-dealkylation sites (tertiary alicyclic amines) is 1. The molecule has 0 radical (unpaired) electrons. The molecule has 3 aliphatic heterocycles. The minimum absolute atomic E-state index is 0.0245. The maximum Gasteiger partial charge on any atom is 0.410 e. The normalized spacial score (nSPS) is 17.6. The highest BCUT2D eigenvalue weighted by atomic mass is 16.6. The predicted octanol–water partition coefficient (Wildman–Crippen LogP) is 5.17. The number of benzene rings is 1. The largest absolute Gasteiger partial charge is 0.480 e. The highest BCUT2D eigenvalue weighted by Gasteiger charge is 2.30. The summed E-state index contributed by atoms with van der Waals surface area (Å²) in [6.07, 6.45) is 11.2. The Morgan fingerprint density at radius 2 is 1.86 bits per heavy atom. The third-order valence-electron chi connectivity index (χ3n) is 9.53. The lowest BCUT2D eigenvalue weighted by atomic mass is 10.0. The lowest BCUT2D eigenvalue weighted by Gasteiger charge is -2.34. The van der Waals surface area contributed by atoms with Crippen LogP contribution in [0.15, 0.2) is 65.7 Å². The van der Waals surface area contributed by atoms with E-state index in [0.29, 0.717) is 72.9 Å². The van der Waals surface area contributed by atoms with E-state index in [1.165, 1.54) is 0 Å². The first-order valence-corrected chi connectivity index (χ1v) is 17.3. The smallest absolute Gasteiger partial charge is 0.410 e. The Bertz CT molecular complexity index is 2220. The Labute approximate surface area is 288 Å². The quantitative estimate of drug-likeness (QED) is 0.240. The van der Waals surface area contributed by atoms with Crippen LogP contribution in [0.1, 0.15) is 63.9 Å². The number of pyridine rings is 1. The molecule has 2 bridgehead atoms. The Morgan fingerprint density at radius 3 is 2.68 bits per heavy atom. The molecule has 7 heterocycles. The number of allylic oxidation sites excluding steroid dienone is 2. The van der Waals surface area contributed by atoms with Gasteiger partial charge in [0, 0.05) is 50.0 Å². The van der Waals surface area contributed by atoms with Crippen LogP contribution in [0, 0.1) is 0 Å². The highest BCUT2D eigenvalue weighted by molar-refractivity contribution is 5.96. The van der Waals surface area contributed by atoms with Crippen LogP contribution in [0.3, 0.4) is 0 Å². The number of hydrogen-bond donors (Lipinski definition) is 0. The summed E-state index contributed by atoms with van der Waals surface area (Å²) in [6, 6.07) is 12.4. The lowest BCUT2D eigenvalue weighted by Crippen LogP contribution is -2.42. The summed E-state index contributed by atoms with van der Waals surface area (Å²) in [5, 5.41) is 1.51. The van der Waals surface area contributed by atoms with E-state index in [1.807, 2.05) is 32.9 Å². The standard InChI is InChI=1S/C37H40N8O5/c1-37(2,3)50-36(48)41-17-13-26(14-18-41)42-19-12-25-20-24(8-9-28(25)42)21-30-38-22-27-33(39-30)45-31-11-10-29-34(40-31)43(32(46)23-49-29)15-6-4-5-7-16-44(45)35(27)47/h5,7-12,19-20,22,26H,4,6,13-18,21,23H2,1-3H3/b7-5-. The molecule has 0 aliphatic carbocycles. The van der Waals surface area contributed by atoms with Gasteiger partial charge in [-0.1, -0.05) is 18.2 Å². The Morgan fingerprint density at radius 1 is 1.02 bits per heavy atom. The van der Waals surface area contributed by atoms with Gasteiger partial charge in [0.2, 0.25) is 0 Å². The van der Waals surface area contributed by atoms with E-state index in [1.54, 1.807) is 37.5 Å². The minimum atomic E-state index is -0.507. The van der Waals surface area contributed by atoms with Crippen LogP contribution in [0.25, 0.3) is 27.8 Å². The van der Waals surface area contributed by atoms with Gasteiger partial charge in [0.05, 0.1) is 6.54 Å². The fraction of sp³-hybridized carbons (Fsp3) is 0.405. The monoisotopic (exact) mass is 676 g/mol. The van der Waals surface area contributed by atoms with Crippen molar-refractivity contribution in [1.29, 1.82) is 0 Å². The molecule has 1 saturated heterocycles. The topological polar surface area (TPSA) is 130 Å². The number of ether oxygens (including phenoxy) is 2. The first kappa shape index (κ1) is 31.8. The average Bonchev–Trinajstić information content (AvgIpc) is 3.63. The predicted molar refractivity (Wildman–Crippen MR) is 188 cm³/mol. The van der Waals surface area contributed by atoms with Crippen LogP contribution >= 0.6 is 0 Å². The van der Waals surface area contributed by atoms with Gasteiger partial charge >= 0.3 is 6.09 Å². The molecule has 3 aliphatic rings. The van der Waals surface area contributed by atoms with Crippen molar-refractivity contribution in [2.45, 2.75) is 71.1 Å². The molecule has 1 fully saturated rings. The van der Waals surface area contributed by atoms with E-state index in [9.17, 15) is 14.4 Å². The molecular formula is C37H40N8O5. The maximum atomic E-state index is 13.7. The molecule has 2 amide bonds. The number of carbonyl (C=O) groups excluding carboxylic acids is 2. The van der Waals surface area contributed by atoms with Crippen molar-refractivity contribution in [2.75, 3.05) is 31.1 Å². The molecule has 5 aromatic rings. The SMILES string of the molecule is CC(C)(C)OC(=O)N1CCC(n2ccc3cc(Cc4ncc5c(=O)n6n(c5n4)-c4ccc5c(n4)N(CCC/C=C\C6)C(=O)CO5)ccc32)CC1. The summed E-state index contributed by atoms with van der Waals surface area (Å²) in [7, 11) is 0. The van der Waals surface area contributed by atoms with Gasteiger partial charge in [-0.3, -0.25) is 14.5 Å². The van der Waals surface area contributed by atoms with E-state index in [-0.39, 0.29) is 24.2 Å². The van der Waals surface area contributed by atoms with Gasteiger partial charge in [0.25, 0.3) is 11.5 Å². The van der Waals surface area contributed by atoms with Crippen molar-refractivity contribution >= 4 is 39.8 Å². The first-order valence-electron chi connectivity index (χ1n) is 17.3. The zero-order valence-electron chi connectivity index (χ0n) is 28.5. The van der Waals surface area contributed by atoms with Crippen LogP contribution in [0.5, 0.6) is 5.75 Å². The molecule has 258 valence electrons. The molecule has 0 saturated carbocycles. The van der Waals surface area contributed by atoms with E-state index in [4.69, 9.17) is 19.4 Å². The van der Waals surface area contributed by atoms with E-state index in [0.717, 1.165) is 42.1 Å². The number of carbonyl (C=O) groups is 2. The number of hydrogen-bond acceptors (Lipinski definition) is 8. The number of fused-ring (bicyclic) bond motifs is 6. The van der Waals surface area contributed by atoms with Gasteiger partial charge in [0.15, 0.2) is 29.6 Å². The molecule has 0 N–H and O–H groups in total. The van der Waals surface area contributed by atoms with Gasteiger partial charge < -0.3 is 18.9 Å². The molecule has 13 nitrogen and oxygen atoms in total. The molecule has 50 heavy (non-hydrogen) atoms. The highest BCUT2D eigenvalue weighted by Crippen LogP contribution is 2.33. The second-order valence-electron chi connectivity index (χ2n) is 14.2. The molecule has 4 aromatic heterocycles. The molecule has 1 aromatic carbocycles. The number of amides is 2. The summed E-state index contributed by atoms with van der Waals surface area (Å²) in [5.74, 6) is 1.90. The third-order valence-corrected chi connectivity index (χ3v) is 9.53. The van der Waals surface area contributed by atoms with E-state index in [2.05, 4.69) is 40.0 Å². The Hall–Kier alpha value is -5.46. The van der Waals surface area contributed by atoms with Gasteiger partial charge in [-0.25, -0.2) is 29.1 Å². The van der Waals surface area contributed by atoms with Crippen LogP contribution in [-0.4, -0.2) is 77.6 Å². The Balaban J connectivity index is 1.08. The van der Waals surface area contributed by atoms with Crippen LogP contribution in [0.4, 0.5) is 10.6 Å². The van der Waals surface area contributed by atoms with Crippen molar-refractivity contribution in [3.05, 3.63) is 82.7 Å². The first-order chi connectivity index (χ1) is 24.1. The molecular weight excluding hydrogens is 636 g/mol. The zero-order chi connectivity index (χ0) is 34.6. The summed E-state index contributed by atoms with van der Waals surface area (Å²) in [6.45, 7) is 7.83. The third kappa shape index (κ3) is 5.90. The van der Waals surface area contributed by atoms with Gasteiger partial charge in [-0.05, 0) is 87.7 Å². The molecule has 13 heteroatoms. The number of aromatic nitrogens is 6. The van der Waals surface area contributed by atoms with Gasteiger partial charge in [-0.15, -0.1) is 0 Å². The fourth-order valence-electron chi connectivity index (χ4n) is 7.10. The summed E-state index contributed by atoms with van der Waals surface area (Å²) in [4.78, 5) is 56.9. The van der Waals surface area contributed by atoms with Crippen LogP contribution in [-0.2, 0) is 22.5 Å². The van der Waals surface area contributed by atoms with Gasteiger partial charge in [-0.2, -0.15) is 0 Å². The number of piperidine rings is 1. The molecule has 0 spiro atoms. The van der Waals surface area contributed by atoms with Crippen molar-refractivity contribution in [2.24, 2.45) is 0 Å². The summed E-state index contributed by atoms with van der Waals surface area (Å²) in [5.41, 5.74) is 1.93. The maximum absolute atomic E-state index is 13.7. The second kappa shape index (κ2) is 12.5. The van der Waals surface area contributed by atoms with E-state index < -0.39 is 5.60 Å². The minimum Gasteiger partial charge on any atom is -0.480 e. The van der Waals surface area contributed by atoms with Crippen molar-refractivity contribution in [3.63, 3.8) is 0 Å². The molecule has 8 rings (SSSR count). The number of rotatable bonds is 3. The second-order valence-corrected chi connectivity index (χ2v) is 14.2. The summed E-state index contributed by atoms with van der Waals surface area (Å²) < 4.78 is 16.9. The number of anilines is 1. The lowest BCUT2D eigenvalue weighted by molar-refractivity contribution is -0.121. The van der Waals surface area contributed by atoms with Gasteiger partial charge in [0.1, 0.15) is 16.8 Å². The van der Waals surface area contributed by atoms with Crippen LogP contribution < -0.4 is 15.2 Å². The fourth-order valence-corrected chi connectivity index (χ4v) is 7.10. The van der Waals surface area contributed by atoms with Crippen molar-refractivity contribution in [1.82, 2.24) is 33.8 Å². The zero-order valence-corrected chi connectivity index (χ0v) is 28.5. The Kier molecular flexibility index (Phi) is 7.92. The van der Waals surface area contributed by atoms with Crippen molar-refractivity contribution < 1.29 is 19.1 Å². The molecule has 0 unspecified atom stereocenters. The molecule has 0 atom stereocenters. The average molecular weight is 677 g/mol. The summed E-state index contributed by atoms with van der Waals surface area (Å²) >= 11 is 0. The van der Waals surface area contributed by atoms with Crippen LogP contribution in [0.2, 0.25) is 0 Å². The van der Waals surface area contributed by atoms with Crippen molar-refractivity contribution in [3.8, 4) is 11.6 Å². The number of nitrogens with zero attached hydrogens (tertiary/aromatic N) is 8.